The Balaban J connectivity index is 2.40. The Bertz CT molecular complexity index is 265. The van der Waals surface area contributed by atoms with Crippen LogP contribution in [0.5, 0.6) is 0 Å². The van der Waals surface area contributed by atoms with Gasteiger partial charge >= 0.3 is 0 Å². The summed E-state index contributed by atoms with van der Waals surface area (Å²) >= 11 is 0. The van der Waals surface area contributed by atoms with Crippen molar-refractivity contribution in [2.75, 3.05) is 26.8 Å². The molecule has 0 aliphatic carbocycles. The number of ether oxygens (including phenoxy) is 1. The molecule has 1 heterocycles. The monoisotopic (exact) mass is 227 g/mol. The molecule has 16 heavy (non-hydrogen) atoms. The van der Waals surface area contributed by atoms with Crippen LogP contribution in [-0.2, 0) is 14.3 Å². The van der Waals surface area contributed by atoms with E-state index >= 15 is 0 Å². The van der Waals surface area contributed by atoms with Gasteiger partial charge in [-0.2, -0.15) is 0 Å². The molecule has 0 aromatic carbocycles. The SMILES string of the molecule is COCC(C)CC(=O)N1CCC(=O)C(C)C1. The van der Waals surface area contributed by atoms with Gasteiger partial charge in [0, 0.05) is 45.6 Å². The van der Waals surface area contributed by atoms with Crippen LogP contribution in [-0.4, -0.2) is 43.4 Å². The van der Waals surface area contributed by atoms with Crippen LogP contribution in [0, 0.1) is 11.8 Å². The fourth-order valence-corrected chi connectivity index (χ4v) is 2.01. The average Bonchev–Trinajstić information content (AvgIpc) is 2.22. The van der Waals surface area contributed by atoms with E-state index in [2.05, 4.69) is 0 Å². The first-order valence-corrected chi connectivity index (χ1v) is 5.84. The number of ketones is 1. The van der Waals surface area contributed by atoms with Crippen LogP contribution < -0.4 is 0 Å². The fourth-order valence-electron chi connectivity index (χ4n) is 2.01. The number of nitrogens with zero attached hydrogens (tertiary/aromatic N) is 1. The predicted molar refractivity (Wildman–Crippen MR) is 61.0 cm³/mol. The summed E-state index contributed by atoms with van der Waals surface area (Å²) < 4.78 is 5.01. The zero-order valence-electron chi connectivity index (χ0n) is 10.4. The number of carbonyl (C=O) groups is 2. The Morgan fingerprint density at radius 3 is 2.88 bits per heavy atom. The standard InChI is InChI=1S/C12H21NO3/c1-9(8-16-3)6-12(15)13-5-4-11(14)10(2)7-13/h9-10H,4-8H2,1-3H3. The highest BCUT2D eigenvalue weighted by Crippen LogP contribution is 2.15. The topological polar surface area (TPSA) is 46.6 Å². The van der Waals surface area contributed by atoms with Crippen molar-refractivity contribution in [3.63, 3.8) is 0 Å². The van der Waals surface area contributed by atoms with Gasteiger partial charge in [0.1, 0.15) is 5.78 Å². The molecule has 0 bridgehead atoms. The molecular formula is C12H21NO3. The van der Waals surface area contributed by atoms with Crippen LogP contribution in [0.2, 0.25) is 0 Å². The Morgan fingerprint density at radius 2 is 2.31 bits per heavy atom. The summed E-state index contributed by atoms with van der Waals surface area (Å²) in [5.74, 6) is 0.652. The molecule has 1 amide bonds. The average molecular weight is 227 g/mol. The normalized spacial score (nSPS) is 23.3. The minimum Gasteiger partial charge on any atom is -0.384 e. The summed E-state index contributed by atoms with van der Waals surface area (Å²) in [6.07, 6.45) is 1.01. The van der Waals surface area contributed by atoms with Crippen molar-refractivity contribution in [3.8, 4) is 0 Å². The first kappa shape index (κ1) is 13.2. The van der Waals surface area contributed by atoms with E-state index in [0.29, 0.717) is 32.5 Å². The molecule has 1 aliphatic rings. The van der Waals surface area contributed by atoms with Crippen molar-refractivity contribution in [3.05, 3.63) is 0 Å². The van der Waals surface area contributed by atoms with E-state index < -0.39 is 0 Å². The third kappa shape index (κ3) is 3.59. The Hall–Kier alpha value is -0.900. The smallest absolute Gasteiger partial charge is 0.222 e. The summed E-state index contributed by atoms with van der Waals surface area (Å²) in [7, 11) is 1.64. The lowest BCUT2D eigenvalue weighted by Crippen LogP contribution is -2.43. The predicted octanol–water partition coefficient (Wildman–Crippen LogP) is 1.10. The summed E-state index contributed by atoms with van der Waals surface area (Å²) in [6, 6.07) is 0. The number of amides is 1. The van der Waals surface area contributed by atoms with Gasteiger partial charge in [0.25, 0.3) is 0 Å². The molecule has 2 atom stereocenters. The number of carbonyl (C=O) groups excluding carboxylic acids is 2. The molecular weight excluding hydrogens is 206 g/mol. The van der Waals surface area contributed by atoms with E-state index in [0.717, 1.165) is 0 Å². The summed E-state index contributed by atoms with van der Waals surface area (Å²) in [5, 5.41) is 0. The molecule has 92 valence electrons. The minimum atomic E-state index is -0.00423. The van der Waals surface area contributed by atoms with Gasteiger partial charge in [0.15, 0.2) is 0 Å². The molecule has 0 aromatic rings. The Morgan fingerprint density at radius 1 is 1.62 bits per heavy atom. The van der Waals surface area contributed by atoms with Gasteiger partial charge in [0.2, 0.25) is 5.91 Å². The van der Waals surface area contributed by atoms with Crippen molar-refractivity contribution in [2.24, 2.45) is 11.8 Å². The van der Waals surface area contributed by atoms with Gasteiger partial charge in [-0.1, -0.05) is 13.8 Å². The number of likely N-dealkylation sites (tertiary alicyclic amines) is 1. The lowest BCUT2D eigenvalue weighted by molar-refractivity contribution is -0.137. The quantitative estimate of drug-likeness (QED) is 0.722. The Kier molecular flexibility index (Phi) is 4.93. The largest absolute Gasteiger partial charge is 0.384 e. The molecule has 1 fully saturated rings. The van der Waals surface area contributed by atoms with Gasteiger partial charge in [-0.25, -0.2) is 0 Å². The van der Waals surface area contributed by atoms with Crippen LogP contribution in [0.1, 0.15) is 26.7 Å². The van der Waals surface area contributed by atoms with E-state index in [1.807, 2.05) is 13.8 Å². The maximum atomic E-state index is 11.9. The molecule has 0 aromatic heterocycles. The van der Waals surface area contributed by atoms with E-state index in [1.165, 1.54) is 0 Å². The van der Waals surface area contributed by atoms with Crippen LogP contribution in [0.15, 0.2) is 0 Å². The zero-order chi connectivity index (χ0) is 12.1. The van der Waals surface area contributed by atoms with Crippen LogP contribution in [0.3, 0.4) is 0 Å². The van der Waals surface area contributed by atoms with E-state index in [4.69, 9.17) is 4.74 Å². The van der Waals surface area contributed by atoms with Gasteiger partial charge < -0.3 is 9.64 Å². The summed E-state index contributed by atoms with van der Waals surface area (Å²) in [5.41, 5.74) is 0. The fraction of sp³-hybridized carbons (Fsp3) is 0.833. The zero-order valence-corrected chi connectivity index (χ0v) is 10.4. The van der Waals surface area contributed by atoms with E-state index in [9.17, 15) is 9.59 Å². The lowest BCUT2D eigenvalue weighted by atomic mass is 9.97. The first-order chi connectivity index (χ1) is 7.54. The first-order valence-electron chi connectivity index (χ1n) is 5.84. The van der Waals surface area contributed by atoms with Gasteiger partial charge in [-0.3, -0.25) is 9.59 Å². The van der Waals surface area contributed by atoms with Gasteiger partial charge in [0.05, 0.1) is 0 Å². The molecule has 0 saturated carbocycles. The minimum absolute atomic E-state index is 0.00423. The highest BCUT2D eigenvalue weighted by atomic mass is 16.5. The highest BCUT2D eigenvalue weighted by Gasteiger charge is 2.26. The molecule has 1 rings (SSSR count). The van der Waals surface area contributed by atoms with Crippen LogP contribution >= 0.6 is 0 Å². The third-order valence-corrected chi connectivity index (χ3v) is 3.00. The second kappa shape index (κ2) is 5.99. The molecule has 1 aliphatic heterocycles. The number of rotatable bonds is 4. The molecule has 4 heteroatoms. The van der Waals surface area contributed by atoms with Crippen molar-refractivity contribution in [1.29, 1.82) is 0 Å². The number of hydrogen-bond acceptors (Lipinski definition) is 3. The molecule has 1 saturated heterocycles. The second-order valence-electron chi connectivity index (χ2n) is 4.72. The van der Waals surface area contributed by atoms with Gasteiger partial charge in [-0.15, -0.1) is 0 Å². The number of piperidine rings is 1. The number of hydrogen-bond donors (Lipinski definition) is 0. The third-order valence-electron chi connectivity index (χ3n) is 3.00. The van der Waals surface area contributed by atoms with Crippen molar-refractivity contribution in [2.45, 2.75) is 26.7 Å². The summed E-state index contributed by atoms with van der Waals surface area (Å²) in [4.78, 5) is 25.0. The highest BCUT2D eigenvalue weighted by molar-refractivity contribution is 5.85. The van der Waals surface area contributed by atoms with E-state index in [-0.39, 0.29) is 23.5 Å². The van der Waals surface area contributed by atoms with Crippen molar-refractivity contribution < 1.29 is 14.3 Å². The van der Waals surface area contributed by atoms with E-state index in [1.54, 1.807) is 12.0 Å². The second-order valence-corrected chi connectivity index (χ2v) is 4.72. The molecule has 2 unspecified atom stereocenters. The molecule has 4 nitrogen and oxygen atoms in total. The molecule has 0 radical (unpaired) electrons. The van der Waals surface area contributed by atoms with Crippen molar-refractivity contribution in [1.82, 2.24) is 4.90 Å². The number of Topliss-reactive ketones (excluding diaryl/α,β-unsaturated/α-hetero) is 1. The van der Waals surface area contributed by atoms with Crippen LogP contribution in [0.25, 0.3) is 0 Å². The lowest BCUT2D eigenvalue weighted by Gasteiger charge is -2.30. The molecule has 0 spiro atoms. The Labute approximate surface area is 96.9 Å². The number of methoxy groups -OCH3 is 1. The summed E-state index contributed by atoms with van der Waals surface area (Å²) in [6.45, 7) is 5.66. The van der Waals surface area contributed by atoms with Crippen LogP contribution in [0.4, 0.5) is 0 Å². The maximum absolute atomic E-state index is 11.9. The van der Waals surface area contributed by atoms with Gasteiger partial charge in [-0.05, 0) is 5.92 Å². The van der Waals surface area contributed by atoms with Crippen molar-refractivity contribution >= 4 is 11.7 Å². The maximum Gasteiger partial charge on any atom is 0.222 e. The molecule has 0 N–H and O–H groups in total.